The molecule has 53 heavy (non-hydrogen) atoms. The topological polar surface area (TPSA) is 98.7 Å². The zero-order valence-corrected chi connectivity index (χ0v) is 31.5. The first-order valence-electron chi connectivity index (χ1n) is 19.6. The SMILES string of the molecule is CC(C)(NC(=O)c1cc2c(n(CC3CCCCC3)c1=O)CCCCCC2)C(=O)NCCc1ccc(OCc2ccccc2)c(OCc2ccccc2)c1. The first-order chi connectivity index (χ1) is 25.8. The molecule has 4 aromatic rings. The first kappa shape index (κ1) is 37.9. The van der Waals surface area contributed by atoms with Gasteiger partial charge in [-0.15, -0.1) is 0 Å². The molecule has 280 valence electrons. The Kier molecular flexibility index (Phi) is 13.1. The van der Waals surface area contributed by atoms with E-state index in [4.69, 9.17) is 9.47 Å². The fourth-order valence-electron chi connectivity index (χ4n) is 7.58. The number of pyridine rings is 1. The fourth-order valence-corrected chi connectivity index (χ4v) is 7.58. The van der Waals surface area contributed by atoms with Crippen LogP contribution in [0, 0.1) is 5.92 Å². The van der Waals surface area contributed by atoms with Gasteiger partial charge in [-0.1, -0.05) is 98.8 Å². The van der Waals surface area contributed by atoms with Crippen LogP contribution in [-0.2, 0) is 43.8 Å². The molecule has 0 unspecified atom stereocenters. The summed E-state index contributed by atoms with van der Waals surface area (Å²) >= 11 is 0. The van der Waals surface area contributed by atoms with Crippen molar-refractivity contribution in [2.75, 3.05) is 6.54 Å². The smallest absolute Gasteiger partial charge is 0.263 e. The van der Waals surface area contributed by atoms with Crippen LogP contribution in [0.3, 0.4) is 0 Å². The third-order valence-electron chi connectivity index (χ3n) is 10.7. The monoisotopic (exact) mass is 717 g/mol. The van der Waals surface area contributed by atoms with E-state index in [9.17, 15) is 14.4 Å². The van der Waals surface area contributed by atoms with Crippen molar-refractivity contribution < 1.29 is 19.1 Å². The largest absolute Gasteiger partial charge is 0.485 e. The van der Waals surface area contributed by atoms with Gasteiger partial charge in [0.25, 0.3) is 11.5 Å². The maximum Gasteiger partial charge on any atom is 0.263 e. The van der Waals surface area contributed by atoms with Crippen molar-refractivity contribution in [3.05, 3.63) is 129 Å². The van der Waals surface area contributed by atoms with Gasteiger partial charge in [0.05, 0.1) is 0 Å². The second-order valence-corrected chi connectivity index (χ2v) is 15.3. The number of carbonyl (C=O) groups excluding carboxylic acids is 2. The zero-order valence-electron chi connectivity index (χ0n) is 31.5. The number of hydrogen-bond acceptors (Lipinski definition) is 5. The van der Waals surface area contributed by atoms with Crippen molar-refractivity contribution in [2.45, 2.75) is 116 Å². The van der Waals surface area contributed by atoms with Crippen LogP contribution in [0.5, 0.6) is 11.5 Å². The lowest BCUT2D eigenvalue weighted by Crippen LogP contribution is -2.55. The molecule has 0 spiro atoms. The van der Waals surface area contributed by atoms with Gasteiger partial charge >= 0.3 is 0 Å². The Labute approximate surface area is 314 Å². The quantitative estimate of drug-likeness (QED) is 0.137. The molecule has 1 aromatic heterocycles. The maximum atomic E-state index is 14.0. The Bertz CT molecular complexity index is 1880. The number of benzene rings is 3. The highest BCUT2D eigenvalue weighted by atomic mass is 16.5. The van der Waals surface area contributed by atoms with E-state index in [0.29, 0.717) is 50.1 Å². The summed E-state index contributed by atoms with van der Waals surface area (Å²) in [6.07, 6.45) is 12.6. The second-order valence-electron chi connectivity index (χ2n) is 15.3. The number of fused-ring (bicyclic) bond motifs is 1. The number of hydrogen-bond donors (Lipinski definition) is 2. The second kappa shape index (κ2) is 18.3. The number of rotatable bonds is 14. The van der Waals surface area contributed by atoms with E-state index in [1.165, 1.54) is 25.7 Å². The molecule has 0 atom stereocenters. The van der Waals surface area contributed by atoms with Crippen molar-refractivity contribution >= 4 is 11.8 Å². The molecule has 0 radical (unpaired) electrons. The Morgan fingerprint density at radius 1 is 0.736 bits per heavy atom. The molecule has 6 rings (SSSR count). The van der Waals surface area contributed by atoms with Gasteiger partial charge in [-0.05, 0) is 105 Å². The number of carbonyl (C=O) groups is 2. The van der Waals surface area contributed by atoms with Gasteiger partial charge < -0.3 is 24.7 Å². The predicted octanol–water partition coefficient (Wildman–Crippen LogP) is 8.11. The van der Waals surface area contributed by atoms with E-state index in [-0.39, 0.29) is 17.0 Å². The molecule has 3 aromatic carbocycles. The summed E-state index contributed by atoms with van der Waals surface area (Å²) in [4.78, 5) is 41.3. The van der Waals surface area contributed by atoms with Crippen LogP contribution in [0.1, 0.15) is 110 Å². The van der Waals surface area contributed by atoms with Crippen molar-refractivity contribution in [3.8, 4) is 11.5 Å². The lowest BCUT2D eigenvalue weighted by atomic mass is 9.88. The normalized spacial score (nSPS) is 15.1. The maximum absolute atomic E-state index is 14.0. The van der Waals surface area contributed by atoms with Crippen LogP contribution < -0.4 is 25.7 Å². The molecule has 0 bridgehead atoms. The third-order valence-corrected chi connectivity index (χ3v) is 10.7. The highest BCUT2D eigenvalue weighted by Crippen LogP contribution is 2.31. The Hall–Kier alpha value is -4.85. The van der Waals surface area contributed by atoms with E-state index >= 15 is 0 Å². The molecule has 1 saturated carbocycles. The van der Waals surface area contributed by atoms with Gasteiger partial charge in [0.15, 0.2) is 11.5 Å². The molecular weight excluding hydrogens is 663 g/mol. The summed E-state index contributed by atoms with van der Waals surface area (Å²) in [6, 6.07) is 27.6. The van der Waals surface area contributed by atoms with E-state index in [1.807, 2.05) is 89.5 Å². The van der Waals surface area contributed by atoms with Crippen LogP contribution >= 0.6 is 0 Å². The van der Waals surface area contributed by atoms with Crippen LogP contribution in [0.4, 0.5) is 0 Å². The number of ether oxygens (including phenoxy) is 2. The van der Waals surface area contributed by atoms with Gasteiger partial charge in [0.2, 0.25) is 5.91 Å². The number of nitrogens with zero attached hydrogens (tertiary/aromatic N) is 1. The average molecular weight is 718 g/mol. The predicted molar refractivity (Wildman–Crippen MR) is 209 cm³/mol. The van der Waals surface area contributed by atoms with Crippen molar-refractivity contribution in [1.29, 1.82) is 0 Å². The number of nitrogens with one attached hydrogen (secondary N) is 2. The Morgan fingerprint density at radius 3 is 2.04 bits per heavy atom. The van der Waals surface area contributed by atoms with Crippen LogP contribution in [0.2, 0.25) is 0 Å². The molecular formula is C45H55N3O5. The first-order valence-corrected chi connectivity index (χ1v) is 19.6. The van der Waals surface area contributed by atoms with Gasteiger partial charge in [-0.25, -0.2) is 0 Å². The molecule has 1 fully saturated rings. The van der Waals surface area contributed by atoms with E-state index < -0.39 is 11.4 Å². The van der Waals surface area contributed by atoms with E-state index in [2.05, 4.69) is 10.6 Å². The minimum atomic E-state index is -1.24. The summed E-state index contributed by atoms with van der Waals surface area (Å²) < 4.78 is 14.3. The lowest BCUT2D eigenvalue weighted by Gasteiger charge is -2.28. The minimum Gasteiger partial charge on any atom is -0.485 e. The standard InChI is InChI=1S/C45H55N3O5/c1-45(2,47-42(49)38-29-37-22-14-3-4-15-23-39(37)48(43(38)50)30-34-16-8-5-9-17-34)44(51)46-27-26-33-24-25-40(52-31-35-18-10-6-11-19-35)41(28-33)53-32-36-20-12-7-13-21-36/h6-7,10-13,18-21,24-25,28-29,34H,3-5,8-9,14-17,22-23,26-27,30-32H2,1-2H3,(H,46,51)(H,47,49). The van der Waals surface area contributed by atoms with Gasteiger partial charge in [-0.2, -0.15) is 0 Å². The summed E-state index contributed by atoms with van der Waals surface area (Å²) in [7, 11) is 0. The average Bonchev–Trinajstić information content (AvgIpc) is 3.16. The van der Waals surface area contributed by atoms with E-state index in [1.54, 1.807) is 13.8 Å². The number of aromatic nitrogens is 1. The third kappa shape index (κ3) is 10.4. The molecule has 0 aliphatic heterocycles. The van der Waals surface area contributed by atoms with Crippen LogP contribution in [-0.4, -0.2) is 28.5 Å². The molecule has 2 aliphatic carbocycles. The van der Waals surface area contributed by atoms with Crippen molar-refractivity contribution in [3.63, 3.8) is 0 Å². The Balaban J connectivity index is 1.11. The summed E-state index contributed by atoms with van der Waals surface area (Å²) in [5.74, 6) is 0.923. The zero-order chi connectivity index (χ0) is 37.0. The van der Waals surface area contributed by atoms with Crippen molar-refractivity contribution in [2.24, 2.45) is 5.92 Å². The highest BCUT2D eigenvalue weighted by molar-refractivity contribution is 5.98. The Morgan fingerprint density at radius 2 is 1.36 bits per heavy atom. The molecule has 8 heteroatoms. The lowest BCUT2D eigenvalue weighted by molar-refractivity contribution is -0.126. The molecule has 8 nitrogen and oxygen atoms in total. The molecule has 2 N–H and O–H groups in total. The van der Waals surface area contributed by atoms with Crippen LogP contribution in [0.15, 0.2) is 89.7 Å². The highest BCUT2D eigenvalue weighted by Gasteiger charge is 2.32. The summed E-state index contributed by atoms with van der Waals surface area (Å²) in [5.41, 5.74) is 3.97. The number of aryl methyl sites for hydroxylation is 1. The molecule has 2 aliphatic rings. The van der Waals surface area contributed by atoms with Gasteiger partial charge in [0.1, 0.15) is 24.3 Å². The van der Waals surface area contributed by atoms with Crippen LogP contribution in [0.25, 0.3) is 0 Å². The van der Waals surface area contributed by atoms with Crippen molar-refractivity contribution in [1.82, 2.24) is 15.2 Å². The minimum absolute atomic E-state index is 0.138. The molecule has 2 amide bonds. The summed E-state index contributed by atoms with van der Waals surface area (Å²) in [5, 5.41) is 5.91. The summed E-state index contributed by atoms with van der Waals surface area (Å²) in [6.45, 7) is 5.20. The van der Waals surface area contributed by atoms with Gasteiger partial charge in [-0.3, -0.25) is 14.4 Å². The number of amides is 2. The van der Waals surface area contributed by atoms with E-state index in [0.717, 1.165) is 72.9 Å². The molecule has 1 heterocycles. The fraction of sp³-hybridized carbons (Fsp3) is 0.444. The molecule has 0 saturated heterocycles. The van der Waals surface area contributed by atoms with Gasteiger partial charge in [0, 0.05) is 18.8 Å².